The van der Waals surface area contributed by atoms with Gasteiger partial charge in [0, 0.05) is 12.8 Å². The molecule has 0 saturated heterocycles. The van der Waals surface area contributed by atoms with E-state index in [1.54, 1.807) is 14.0 Å². The Hall–Kier alpha value is -1.12. The minimum absolute atomic E-state index is 0.0439. The summed E-state index contributed by atoms with van der Waals surface area (Å²) >= 11 is 1.10. The van der Waals surface area contributed by atoms with Crippen LogP contribution in [0.25, 0.3) is 0 Å². The van der Waals surface area contributed by atoms with E-state index in [-0.39, 0.29) is 18.0 Å². The number of thioether (sulfide) groups is 1. The largest absolute Gasteiger partial charge is 0.394 e. The zero-order valence-corrected chi connectivity index (χ0v) is 9.77. The number of nitro groups is 1. The summed E-state index contributed by atoms with van der Waals surface area (Å²) in [5, 5.41) is 32.9. The molecule has 0 radical (unpaired) electrons. The molecule has 0 fully saturated rings. The van der Waals surface area contributed by atoms with Crippen LogP contribution in [-0.4, -0.2) is 43.4 Å². The van der Waals surface area contributed by atoms with Gasteiger partial charge in [0.2, 0.25) is 0 Å². The molecule has 0 amide bonds. The molecule has 1 unspecified atom stereocenters. The Morgan fingerprint density at radius 3 is 2.81 bits per heavy atom. The number of aliphatic hydroxyl groups is 2. The van der Waals surface area contributed by atoms with Gasteiger partial charge in [-0.1, -0.05) is 11.8 Å². The molecule has 0 aromatic carbocycles. The van der Waals surface area contributed by atoms with Crippen molar-refractivity contribution >= 4 is 17.4 Å². The van der Waals surface area contributed by atoms with Gasteiger partial charge >= 0.3 is 5.69 Å². The monoisotopic (exact) mass is 247 g/mol. The topological polar surface area (TPSA) is 101 Å². The van der Waals surface area contributed by atoms with Gasteiger partial charge < -0.3 is 10.2 Å². The Morgan fingerprint density at radius 1 is 1.69 bits per heavy atom. The summed E-state index contributed by atoms with van der Waals surface area (Å²) in [6.45, 7) is 1.20. The molecule has 7 nitrogen and oxygen atoms in total. The number of aromatic nitrogens is 2. The van der Waals surface area contributed by atoms with E-state index in [0.29, 0.717) is 10.7 Å². The normalized spacial score (nSPS) is 12.8. The molecule has 8 heteroatoms. The maximum absolute atomic E-state index is 10.8. The summed E-state index contributed by atoms with van der Waals surface area (Å²) in [6, 6.07) is 0. The summed E-state index contributed by atoms with van der Waals surface area (Å²) < 4.78 is 1.40. The zero-order chi connectivity index (χ0) is 12.3. The minimum atomic E-state index is -0.889. The number of hydrogen-bond donors (Lipinski definition) is 2. The third-order valence-electron chi connectivity index (χ3n) is 1.94. The van der Waals surface area contributed by atoms with Gasteiger partial charge in [-0.05, 0) is 6.92 Å². The second-order valence-electron chi connectivity index (χ2n) is 3.27. The minimum Gasteiger partial charge on any atom is -0.394 e. The smallest absolute Gasteiger partial charge is 0.323 e. The predicted molar refractivity (Wildman–Crippen MR) is 58.4 cm³/mol. The average Bonchev–Trinajstić information content (AvgIpc) is 2.49. The van der Waals surface area contributed by atoms with Crippen LogP contribution in [0.5, 0.6) is 0 Å². The van der Waals surface area contributed by atoms with E-state index in [4.69, 9.17) is 5.11 Å². The third kappa shape index (κ3) is 2.71. The second kappa shape index (κ2) is 5.28. The number of aryl methyl sites for hydroxylation is 2. The van der Waals surface area contributed by atoms with Crippen molar-refractivity contribution in [2.24, 2.45) is 7.05 Å². The molecule has 2 N–H and O–H groups in total. The van der Waals surface area contributed by atoms with Crippen molar-refractivity contribution in [2.75, 3.05) is 12.4 Å². The number of hydrogen-bond acceptors (Lipinski definition) is 6. The first-order valence-corrected chi connectivity index (χ1v) is 5.55. The summed E-state index contributed by atoms with van der Waals surface area (Å²) in [7, 11) is 1.60. The first-order chi connectivity index (χ1) is 7.47. The summed E-state index contributed by atoms with van der Waals surface area (Å²) in [4.78, 5) is 10.3. The van der Waals surface area contributed by atoms with E-state index in [9.17, 15) is 15.2 Å². The second-order valence-corrected chi connectivity index (χ2v) is 4.28. The lowest BCUT2D eigenvalue weighted by molar-refractivity contribution is -0.388. The van der Waals surface area contributed by atoms with E-state index in [1.165, 1.54) is 4.68 Å². The summed E-state index contributed by atoms with van der Waals surface area (Å²) in [5.74, 6) is 0.191. The van der Waals surface area contributed by atoms with E-state index in [2.05, 4.69) is 5.10 Å². The Morgan fingerprint density at radius 2 is 2.31 bits per heavy atom. The maximum atomic E-state index is 10.8. The van der Waals surface area contributed by atoms with Crippen molar-refractivity contribution in [3.05, 3.63) is 15.8 Å². The van der Waals surface area contributed by atoms with Crippen LogP contribution < -0.4 is 0 Å². The lowest BCUT2D eigenvalue weighted by Gasteiger charge is -2.05. The molecule has 0 aliphatic rings. The van der Waals surface area contributed by atoms with Crippen molar-refractivity contribution in [2.45, 2.75) is 18.1 Å². The standard InChI is InChI=1S/C8H13N3O4S/c1-5-7(11(14)15)8(10(2)9-5)16-4-6(13)3-12/h6,12-13H,3-4H2,1-2H3. The number of nitrogens with zero attached hydrogens (tertiary/aromatic N) is 3. The Bertz CT molecular complexity index is 393. The van der Waals surface area contributed by atoms with Gasteiger partial charge in [-0.3, -0.25) is 14.8 Å². The molecular formula is C8H13N3O4S. The highest BCUT2D eigenvalue weighted by atomic mass is 32.2. The molecule has 0 saturated carbocycles. The van der Waals surface area contributed by atoms with Crippen molar-refractivity contribution < 1.29 is 15.1 Å². The maximum Gasteiger partial charge on any atom is 0.323 e. The van der Waals surface area contributed by atoms with Crippen molar-refractivity contribution in [1.82, 2.24) is 9.78 Å². The molecule has 1 heterocycles. The van der Waals surface area contributed by atoms with Crippen LogP contribution in [0.3, 0.4) is 0 Å². The average molecular weight is 247 g/mol. The molecule has 16 heavy (non-hydrogen) atoms. The quantitative estimate of drug-likeness (QED) is 0.434. The Labute approximate surface area is 96.2 Å². The summed E-state index contributed by atoms with van der Waals surface area (Å²) in [6.07, 6.45) is -0.889. The fourth-order valence-corrected chi connectivity index (χ4v) is 2.27. The van der Waals surface area contributed by atoms with Gasteiger partial charge in [-0.25, -0.2) is 0 Å². The van der Waals surface area contributed by atoms with Crippen LogP contribution >= 0.6 is 11.8 Å². The highest BCUT2D eigenvalue weighted by molar-refractivity contribution is 7.99. The van der Waals surface area contributed by atoms with E-state index < -0.39 is 11.0 Å². The van der Waals surface area contributed by atoms with Gasteiger partial charge in [0.25, 0.3) is 0 Å². The highest BCUT2D eigenvalue weighted by Crippen LogP contribution is 2.31. The highest BCUT2D eigenvalue weighted by Gasteiger charge is 2.24. The van der Waals surface area contributed by atoms with Gasteiger partial charge in [-0.15, -0.1) is 0 Å². The van der Waals surface area contributed by atoms with Crippen LogP contribution in [0.2, 0.25) is 0 Å². The van der Waals surface area contributed by atoms with Crippen molar-refractivity contribution in [1.29, 1.82) is 0 Å². The molecule has 1 aromatic rings. The van der Waals surface area contributed by atoms with Gasteiger partial charge in [0.15, 0.2) is 5.03 Å². The first-order valence-electron chi connectivity index (χ1n) is 4.57. The molecule has 0 spiro atoms. The van der Waals surface area contributed by atoms with Crippen LogP contribution in [0.1, 0.15) is 5.69 Å². The fraction of sp³-hybridized carbons (Fsp3) is 0.625. The van der Waals surface area contributed by atoms with Crippen LogP contribution in [0.15, 0.2) is 5.03 Å². The fourth-order valence-electron chi connectivity index (χ4n) is 1.23. The van der Waals surface area contributed by atoms with Crippen LogP contribution in [-0.2, 0) is 7.05 Å². The number of aliphatic hydroxyl groups excluding tert-OH is 2. The van der Waals surface area contributed by atoms with Gasteiger partial charge in [0.05, 0.1) is 17.6 Å². The molecule has 0 aliphatic heterocycles. The molecule has 1 rings (SSSR count). The van der Waals surface area contributed by atoms with E-state index in [1.807, 2.05) is 0 Å². The van der Waals surface area contributed by atoms with E-state index in [0.717, 1.165) is 11.8 Å². The third-order valence-corrected chi connectivity index (χ3v) is 3.23. The van der Waals surface area contributed by atoms with E-state index >= 15 is 0 Å². The molecule has 0 bridgehead atoms. The molecular weight excluding hydrogens is 234 g/mol. The van der Waals surface area contributed by atoms with Gasteiger partial charge in [0.1, 0.15) is 5.69 Å². The molecule has 1 aromatic heterocycles. The van der Waals surface area contributed by atoms with Crippen LogP contribution in [0.4, 0.5) is 5.69 Å². The zero-order valence-electron chi connectivity index (χ0n) is 8.95. The SMILES string of the molecule is Cc1nn(C)c(SCC(O)CO)c1[N+](=O)[O-]. The molecule has 90 valence electrons. The Kier molecular flexibility index (Phi) is 4.27. The lowest BCUT2D eigenvalue weighted by atomic mass is 10.4. The Balaban J connectivity index is 2.90. The number of rotatable bonds is 5. The van der Waals surface area contributed by atoms with Crippen LogP contribution in [0, 0.1) is 17.0 Å². The molecule has 1 atom stereocenters. The first kappa shape index (κ1) is 12.9. The summed E-state index contributed by atoms with van der Waals surface area (Å²) in [5.41, 5.74) is 0.297. The van der Waals surface area contributed by atoms with Crippen molar-refractivity contribution in [3.63, 3.8) is 0 Å². The van der Waals surface area contributed by atoms with Gasteiger partial charge in [-0.2, -0.15) is 5.10 Å². The van der Waals surface area contributed by atoms with Crippen molar-refractivity contribution in [3.8, 4) is 0 Å². The lowest BCUT2D eigenvalue weighted by Crippen LogP contribution is -2.15. The predicted octanol–water partition coefficient (Wildman–Crippen LogP) is 0.0820. The molecule has 0 aliphatic carbocycles.